The van der Waals surface area contributed by atoms with Crippen LogP contribution in [0, 0.1) is 6.92 Å². The molecular weight excluding hydrogens is 202 g/mol. The Hall–Kier alpha value is -1.29. The lowest BCUT2D eigenvalue weighted by molar-refractivity contribution is 0.0614. The van der Waals surface area contributed by atoms with Crippen LogP contribution < -0.4 is 11.1 Å². The van der Waals surface area contributed by atoms with Crippen molar-refractivity contribution in [3.63, 3.8) is 0 Å². The fourth-order valence-corrected chi connectivity index (χ4v) is 2.10. The van der Waals surface area contributed by atoms with Crippen LogP contribution in [0.3, 0.4) is 0 Å². The molecular formula is C12H19N3O. The first kappa shape index (κ1) is 11.2. The third kappa shape index (κ3) is 2.44. The van der Waals surface area contributed by atoms with Crippen LogP contribution in [-0.2, 0) is 0 Å². The lowest BCUT2D eigenvalue weighted by atomic mass is 10.0. The molecule has 88 valence electrons. The van der Waals surface area contributed by atoms with Gasteiger partial charge in [0.25, 0.3) is 0 Å². The Labute approximate surface area is 95.9 Å². The monoisotopic (exact) mass is 221 g/mol. The molecule has 0 unspecified atom stereocenters. The molecule has 1 aliphatic rings. The van der Waals surface area contributed by atoms with E-state index in [4.69, 9.17) is 5.73 Å². The molecule has 1 aliphatic carbocycles. The maximum Gasteiger partial charge on any atom is 0.128 e. The number of nitrogen functional groups attached to an aromatic ring is 1. The van der Waals surface area contributed by atoms with Gasteiger partial charge in [-0.05, 0) is 25.3 Å². The van der Waals surface area contributed by atoms with Crippen molar-refractivity contribution >= 4 is 11.5 Å². The van der Waals surface area contributed by atoms with Crippen molar-refractivity contribution in [3.8, 4) is 0 Å². The molecule has 1 saturated carbocycles. The van der Waals surface area contributed by atoms with Gasteiger partial charge >= 0.3 is 0 Å². The van der Waals surface area contributed by atoms with Crippen LogP contribution in [0.1, 0.15) is 31.2 Å². The van der Waals surface area contributed by atoms with E-state index in [2.05, 4.69) is 10.3 Å². The SMILES string of the molecule is Cc1cnc(NCC2(O)CCCC2)cc1N. The molecule has 4 nitrogen and oxygen atoms in total. The summed E-state index contributed by atoms with van der Waals surface area (Å²) in [4.78, 5) is 4.23. The van der Waals surface area contributed by atoms with Gasteiger partial charge in [-0.25, -0.2) is 4.98 Å². The third-order valence-electron chi connectivity index (χ3n) is 3.28. The molecule has 0 spiro atoms. The largest absolute Gasteiger partial charge is 0.398 e. The van der Waals surface area contributed by atoms with Crippen molar-refractivity contribution in [1.29, 1.82) is 0 Å². The number of nitrogens with two attached hydrogens (primary N) is 1. The van der Waals surface area contributed by atoms with Crippen LogP contribution in [0.2, 0.25) is 0 Å². The van der Waals surface area contributed by atoms with Crippen molar-refractivity contribution in [1.82, 2.24) is 4.98 Å². The first-order valence-electron chi connectivity index (χ1n) is 5.77. The number of hydrogen-bond donors (Lipinski definition) is 3. The molecule has 0 aromatic carbocycles. The zero-order valence-corrected chi connectivity index (χ0v) is 9.66. The number of aromatic nitrogens is 1. The molecule has 0 amide bonds. The number of rotatable bonds is 3. The van der Waals surface area contributed by atoms with E-state index in [1.165, 1.54) is 0 Å². The molecule has 1 aromatic heterocycles. The van der Waals surface area contributed by atoms with Gasteiger partial charge in [0, 0.05) is 24.5 Å². The van der Waals surface area contributed by atoms with Crippen LogP contribution in [0.4, 0.5) is 11.5 Å². The lowest BCUT2D eigenvalue weighted by Crippen LogP contribution is -2.33. The maximum absolute atomic E-state index is 10.2. The van der Waals surface area contributed by atoms with Gasteiger partial charge in [0.2, 0.25) is 0 Å². The maximum atomic E-state index is 10.2. The summed E-state index contributed by atoms with van der Waals surface area (Å²) < 4.78 is 0. The van der Waals surface area contributed by atoms with Crippen LogP contribution in [0.5, 0.6) is 0 Å². The Balaban J connectivity index is 1.96. The molecule has 1 heterocycles. The summed E-state index contributed by atoms with van der Waals surface area (Å²) in [7, 11) is 0. The van der Waals surface area contributed by atoms with Crippen LogP contribution in [-0.4, -0.2) is 22.2 Å². The minimum Gasteiger partial charge on any atom is -0.398 e. The van der Waals surface area contributed by atoms with E-state index < -0.39 is 5.60 Å². The van der Waals surface area contributed by atoms with Crippen LogP contribution in [0.15, 0.2) is 12.3 Å². The first-order chi connectivity index (χ1) is 7.59. The van der Waals surface area contributed by atoms with E-state index in [0.29, 0.717) is 6.54 Å². The number of aryl methyl sites for hydroxylation is 1. The Kier molecular flexibility index (Phi) is 3.01. The van der Waals surface area contributed by atoms with Gasteiger partial charge in [0.15, 0.2) is 0 Å². The van der Waals surface area contributed by atoms with E-state index >= 15 is 0 Å². The molecule has 4 N–H and O–H groups in total. The van der Waals surface area contributed by atoms with Crippen LogP contribution >= 0.6 is 0 Å². The van der Waals surface area contributed by atoms with E-state index in [1.807, 2.05) is 13.0 Å². The normalized spacial score (nSPS) is 18.6. The third-order valence-corrected chi connectivity index (χ3v) is 3.28. The van der Waals surface area contributed by atoms with E-state index in [1.54, 1.807) is 6.20 Å². The smallest absolute Gasteiger partial charge is 0.128 e. The molecule has 1 fully saturated rings. The molecule has 0 atom stereocenters. The van der Waals surface area contributed by atoms with Gasteiger partial charge < -0.3 is 16.2 Å². The lowest BCUT2D eigenvalue weighted by Gasteiger charge is -2.22. The molecule has 4 heteroatoms. The summed E-state index contributed by atoms with van der Waals surface area (Å²) in [6.45, 7) is 2.49. The average molecular weight is 221 g/mol. The predicted octanol–water partition coefficient (Wildman–Crippen LogP) is 1.69. The van der Waals surface area contributed by atoms with Crippen LogP contribution in [0.25, 0.3) is 0 Å². The zero-order valence-electron chi connectivity index (χ0n) is 9.66. The fourth-order valence-electron chi connectivity index (χ4n) is 2.10. The summed E-state index contributed by atoms with van der Waals surface area (Å²) in [5.41, 5.74) is 6.95. The summed E-state index contributed by atoms with van der Waals surface area (Å²) in [5, 5.41) is 13.3. The second-order valence-electron chi connectivity index (χ2n) is 4.71. The summed E-state index contributed by atoms with van der Waals surface area (Å²) >= 11 is 0. The summed E-state index contributed by atoms with van der Waals surface area (Å²) in [6.07, 6.45) is 5.72. The van der Waals surface area contributed by atoms with Crippen molar-refractivity contribution in [3.05, 3.63) is 17.8 Å². The Morgan fingerprint density at radius 1 is 1.50 bits per heavy atom. The Bertz CT molecular complexity index is 373. The first-order valence-corrected chi connectivity index (χ1v) is 5.77. The minimum atomic E-state index is -0.554. The number of pyridine rings is 1. The molecule has 0 bridgehead atoms. The van der Waals surface area contributed by atoms with Gasteiger partial charge in [0.05, 0.1) is 5.60 Å². The molecule has 16 heavy (non-hydrogen) atoms. The minimum absolute atomic E-state index is 0.554. The fraction of sp³-hybridized carbons (Fsp3) is 0.583. The van der Waals surface area contributed by atoms with E-state index in [9.17, 15) is 5.11 Å². The number of aliphatic hydroxyl groups is 1. The molecule has 0 aliphatic heterocycles. The average Bonchev–Trinajstić information content (AvgIpc) is 2.68. The van der Waals surface area contributed by atoms with Gasteiger partial charge in [-0.3, -0.25) is 0 Å². The Morgan fingerprint density at radius 2 is 2.19 bits per heavy atom. The quantitative estimate of drug-likeness (QED) is 0.726. The highest BCUT2D eigenvalue weighted by molar-refractivity contribution is 5.53. The van der Waals surface area contributed by atoms with Gasteiger partial charge in [-0.2, -0.15) is 0 Å². The number of anilines is 2. The van der Waals surface area contributed by atoms with E-state index in [-0.39, 0.29) is 0 Å². The molecule has 0 saturated heterocycles. The summed E-state index contributed by atoms with van der Waals surface area (Å²) in [5.74, 6) is 0.739. The standard InChI is InChI=1S/C12H19N3O/c1-9-7-14-11(6-10(9)13)15-8-12(16)4-2-3-5-12/h6-7,16H,2-5,8H2,1H3,(H3,13,14,15). The number of hydrogen-bond acceptors (Lipinski definition) is 4. The topological polar surface area (TPSA) is 71.2 Å². The molecule has 2 rings (SSSR count). The van der Waals surface area contributed by atoms with Crippen molar-refractivity contribution in [2.45, 2.75) is 38.2 Å². The number of nitrogens with zero attached hydrogens (tertiary/aromatic N) is 1. The highest BCUT2D eigenvalue weighted by atomic mass is 16.3. The Morgan fingerprint density at radius 3 is 2.81 bits per heavy atom. The molecule has 0 radical (unpaired) electrons. The van der Waals surface area contributed by atoms with Gasteiger partial charge in [-0.1, -0.05) is 12.8 Å². The second-order valence-corrected chi connectivity index (χ2v) is 4.71. The van der Waals surface area contributed by atoms with Crippen molar-refractivity contribution in [2.75, 3.05) is 17.6 Å². The summed E-state index contributed by atoms with van der Waals surface area (Å²) in [6, 6.07) is 1.81. The highest BCUT2D eigenvalue weighted by Crippen LogP contribution is 2.29. The highest BCUT2D eigenvalue weighted by Gasteiger charge is 2.30. The van der Waals surface area contributed by atoms with Gasteiger partial charge in [-0.15, -0.1) is 0 Å². The van der Waals surface area contributed by atoms with E-state index in [0.717, 1.165) is 42.8 Å². The van der Waals surface area contributed by atoms with Crippen molar-refractivity contribution < 1.29 is 5.11 Å². The predicted molar refractivity (Wildman–Crippen MR) is 65.3 cm³/mol. The van der Waals surface area contributed by atoms with Gasteiger partial charge in [0.1, 0.15) is 5.82 Å². The zero-order chi connectivity index (χ0) is 11.6. The number of nitrogens with one attached hydrogen (secondary N) is 1. The molecule has 1 aromatic rings. The second kappa shape index (κ2) is 4.29. The van der Waals surface area contributed by atoms with Crippen molar-refractivity contribution in [2.24, 2.45) is 0 Å².